The Morgan fingerprint density at radius 2 is 1.92 bits per heavy atom. The summed E-state index contributed by atoms with van der Waals surface area (Å²) in [6.45, 7) is 4.21. The van der Waals surface area contributed by atoms with Crippen molar-refractivity contribution in [1.82, 2.24) is 4.90 Å². The first-order valence-electron chi connectivity index (χ1n) is 4.49. The summed E-state index contributed by atoms with van der Waals surface area (Å²) in [5.41, 5.74) is 0. The number of hydrogen-bond donors (Lipinski definition) is 1. The third-order valence-electron chi connectivity index (χ3n) is 1.62. The van der Waals surface area contributed by atoms with Gasteiger partial charge in [0.1, 0.15) is 5.78 Å². The van der Waals surface area contributed by atoms with Crippen molar-refractivity contribution in [2.24, 2.45) is 0 Å². The molecule has 76 valence electrons. The fourth-order valence-corrected chi connectivity index (χ4v) is 1.08. The highest BCUT2D eigenvalue weighted by Gasteiger charge is 2.13. The van der Waals surface area contributed by atoms with Crippen molar-refractivity contribution in [2.45, 2.75) is 26.7 Å². The molecule has 0 aromatic rings. The molecule has 0 spiro atoms. The maximum atomic E-state index is 11.3. The maximum absolute atomic E-state index is 11.3. The molecule has 0 aromatic carbocycles. The van der Waals surface area contributed by atoms with Crippen LogP contribution in [0.4, 0.5) is 0 Å². The average Bonchev–Trinajstić information content (AvgIpc) is 2.02. The van der Waals surface area contributed by atoms with E-state index in [1.54, 1.807) is 0 Å². The van der Waals surface area contributed by atoms with E-state index in [1.807, 2.05) is 6.92 Å². The Labute approximate surface area is 78.5 Å². The zero-order valence-electron chi connectivity index (χ0n) is 8.25. The fourth-order valence-electron chi connectivity index (χ4n) is 1.08. The first-order valence-corrected chi connectivity index (χ1v) is 4.49. The lowest BCUT2D eigenvalue weighted by Crippen LogP contribution is -2.35. The topological polar surface area (TPSA) is 57.6 Å². The van der Waals surface area contributed by atoms with E-state index in [2.05, 4.69) is 0 Å². The van der Waals surface area contributed by atoms with Crippen molar-refractivity contribution < 1.29 is 14.7 Å². The summed E-state index contributed by atoms with van der Waals surface area (Å²) in [6.07, 6.45) is 0.781. The van der Waals surface area contributed by atoms with Gasteiger partial charge >= 0.3 is 0 Å². The largest absolute Gasteiger partial charge is 0.395 e. The number of nitrogens with zero attached hydrogens (tertiary/aromatic N) is 1. The number of amides is 1. The van der Waals surface area contributed by atoms with Crippen LogP contribution in [0.2, 0.25) is 0 Å². The monoisotopic (exact) mass is 187 g/mol. The fraction of sp³-hybridized carbons (Fsp3) is 0.778. The van der Waals surface area contributed by atoms with E-state index in [-0.39, 0.29) is 24.7 Å². The van der Waals surface area contributed by atoms with Crippen LogP contribution >= 0.6 is 0 Å². The van der Waals surface area contributed by atoms with Crippen molar-refractivity contribution >= 4 is 11.7 Å². The molecule has 4 nitrogen and oxygen atoms in total. The van der Waals surface area contributed by atoms with E-state index in [9.17, 15) is 9.59 Å². The SMILES string of the molecule is CCCN(CCO)C(=O)CC(C)=O. The van der Waals surface area contributed by atoms with E-state index >= 15 is 0 Å². The lowest BCUT2D eigenvalue weighted by atomic mass is 10.2. The molecule has 0 aliphatic rings. The molecule has 0 radical (unpaired) electrons. The lowest BCUT2D eigenvalue weighted by molar-refractivity contribution is -0.135. The molecule has 1 amide bonds. The third-order valence-corrected chi connectivity index (χ3v) is 1.62. The number of carbonyl (C=O) groups excluding carboxylic acids is 2. The summed E-state index contributed by atoms with van der Waals surface area (Å²) in [5, 5.41) is 8.67. The number of hydrogen-bond acceptors (Lipinski definition) is 3. The molecule has 1 N–H and O–H groups in total. The molecule has 0 fully saturated rings. The second-order valence-electron chi connectivity index (χ2n) is 2.98. The highest BCUT2D eigenvalue weighted by molar-refractivity contribution is 5.96. The first-order chi connectivity index (χ1) is 6.11. The minimum atomic E-state index is -0.191. The van der Waals surface area contributed by atoms with Gasteiger partial charge in [0.05, 0.1) is 13.0 Å². The minimum absolute atomic E-state index is 0.0519. The van der Waals surface area contributed by atoms with Crippen molar-refractivity contribution in [2.75, 3.05) is 19.7 Å². The van der Waals surface area contributed by atoms with Crippen LogP contribution in [0.25, 0.3) is 0 Å². The average molecular weight is 187 g/mol. The minimum Gasteiger partial charge on any atom is -0.395 e. The molecule has 0 atom stereocenters. The van der Waals surface area contributed by atoms with Crippen LogP contribution in [0.5, 0.6) is 0 Å². The Morgan fingerprint density at radius 3 is 2.31 bits per heavy atom. The van der Waals surface area contributed by atoms with Gasteiger partial charge in [0.2, 0.25) is 5.91 Å². The molecule has 0 bridgehead atoms. The Bertz CT molecular complexity index is 174. The smallest absolute Gasteiger partial charge is 0.230 e. The van der Waals surface area contributed by atoms with Crippen molar-refractivity contribution in [3.8, 4) is 0 Å². The van der Waals surface area contributed by atoms with Crippen LogP contribution in [0.15, 0.2) is 0 Å². The Hall–Kier alpha value is -0.900. The quantitative estimate of drug-likeness (QED) is 0.604. The second kappa shape index (κ2) is 6.60. The van der Waals surface area contributed by atoms with Gasteiger partial charge in [-0.25, -0.2) is 0 Å². The molecular formula is C9H17NO3. The van der Waals surface area contributed by atoms with Gasteiger partial charge in [-0.05, 0) is 13.3 Å². The highest BCUT2D eigenvalue weighted by atomic mass is 16.3. The van der Waals surface area contributed by atoms with Gasteiger partial charge in [-0.3, -0.25) is 9.59 Å². The molecule has 0 rings (SSSR count). The maximum Gasteiger partial charge on any atom is 0.230 e. The molecule has 0 saturated carbocycles. The standard InChI is InChI=1S/C9H17NO3/c1-3-4-10(5-6-11)9(13)7-8(2)12/h11H,3-7H2,1-2H3. The Balaban J connectivity index is 4.02. The Morgan fingerprint density at radius 1 is 1.31 bits per heavy atom. The molecular weight excluding hydrogens is 170 g/mol. The second-order valence-corrected chi connectivity index (χ2v) is 2.98. The summed E-state index contributed by atoms with van der Waals surface area (Å²) < 4.78 is 0. The molecule has 0 unspecified atom stereocenters. The van der Waals surface area contributed by atoms with Crippen LogP contribution in [-0.2, 0) is 9.59 Å². The third kappa shape index (κ3) is 5.36. The van der Waals surface area contributed by atoms with E-state index in [4.69, 9.17) is 5.11 Å². The summed E-state index contributed by atoms with van der Waals surface area (Å²) in [4.78, 5) is 23.5. The van der Waals surface area contributed by atoms with Crippen molar-refractivity contribution in [3.63, 3.8) is 0 Å². The number of carbonyl (C=O) groups is 2. The molecule has 0 aromatic heterocycles. The van der Waals surface area contributed by atoms with Crippen molar-refractivity contribution in [3.05, 3.63) is 0 Å². The van der Waals surface area contributed by atoms with E-state index in [1.165, 1.54) is 11.8 Å². The van der Waals surface area contributed by atoms with Gasteiger partial charge in [0, 0.05) is 13.1 Å². The van der Waals surface area contributed by atoms with E-state index < -0.39 is 0 Å². The molecule has 13 heavy (non-hydrogen) atoms. The van der Waals surface area contributed by atoms with Crippen LogP contribution in [-0.4, -0.2) is 41.4 Å². The number of Topliss-reactive ketones (excluding diaryl/α,β-unsaturated/α-hetero) is 1. The zero-order chi connectivity index (χ0) is 10.3. The molecule has 0 aliphatic heterocycles. The highest BCUT2D eigenvalue weighted by Crippen LogP contribution is 1.96. The van der Waals surface area contributed by atoms with Crippen LogP contribution in [0.3, 0.4) is 0 Å². The lowest BCUT2D eigenvalue weighted by Gasteiger charge is -2.20. The number of rotatable bonds is 6. The van der Waals surface area contributed by atoms with Crippen LogP contribution in [0, 0.1) is 0 Å². The summed E-state index contributed by atoms with van der Waals surface area (Å²) >= 11 is 0. The van der Waals surface area contributed by atoms with Crippen molar-refractivity contribution in [1.29, 1.82) is 0 Å². The zero-order valence-corrected chi connectivity index (χ0v) is 8.25. The predicted octanol–water partition coefficient (Wildman–Crippen LogP) is 0.196. The molecule has 4 heteroatoms. The summed E-state index contributed by atoms with van der Waals surface area (Å²) in [7, 11) is 0. The predicted molar refractivity (Wildman–Crippen MR) is 49.3 cm³/mol. The van der Waals surface area contributed by atoms with Crippen LogP contribution in [0.1, 0.15) is 26.7 Å². The van der Waals surface area contributed by atoms with Gasteiger partial charge in [-0.15, -0.1) is 0 Å². The molecule has 0 heterocycles. The number of ketones is 1. The summed E-state index contributed by atoms with van der Waals surface area (Å²) in [6, 6.07) is 0. The summed E-state index contributed by atoms with van der Waals surface area (Å²) in [5.74, 6) is -0.326. The van der Waals surface area contributed by atoms with Gasteiger partial charge in [0.25, 0.3) is 0 Å². The Kier molecular flexibility index (Phi) is 6.14. The van der Waals surface area contributed by atoms with Gasteiger partial charge in [-0.1, -0.05) is 6.92 Å². The van der Waals surface area contributed by atoms with Crippen LogP contribution < -0.4 is 0 Å². The molecule has 0 saturated heterocycles. The first kappa shape index (κ1) is 12.1. The molecule has 0 aliphatic carbocycles. The normalized spacial score (nSPS) is 9.77. The number of aliphatic hydroxyl groups excluding tert-OH is 1. The van der Waals surface area contributed by atoms with E-state index in [0.717, 1.165) is 6.42 Å². The van der Waals surface area contributed by atoms with Gasteiger partial charge in [0.15, 0.2) is 0 Å². The van der Waals surface area contributed by atoms with Gasteiger partial charge in [-0.2, -0.15) is 0 Å². The van der Waals surface area contributed by atoms with E-state index in [0.29, 0.717) is 13.1 Å². The van der Waals surface area contributed by atoms with Gasteiger partial charge < -0.3 is 10.0 Å². The number of aliphatic hydroxyl groups is 1.